The fraction of sp³-hybridized carbons (Fsp3) is 0.727. The SMILES string of the molecule is [2H]C1=C(C)C[C@@H](CO)N1C(=O)OC(C)(C)C. The standard InChI is InChI=1S/C11H19NO3/c1-8-5-9(7-13)12(6-8)10(14)15-11(2,3)4/h6,9,13H,5,7H2,1-4H3/t9-/m0/s1/i6D. The Labute approximate surface area is 91.9 Å². The number of rotatable bonds is 1. The van der Waals surface area contributed by atoms with Crippen molar-refractivity contribution in [2.45, 2.75) is 45.8 Å². The molecule has 0 aromatic carbocycles. The number of aliphatic hydroxyl groups is 1. The van der Waals surface area contributed by atoms with E-state index < -0.39 is 11.7 Å². The van der Waals surface area contributed by atoms with Crippen LogP contribution in [-0.4, -0.2) is 34.3 Å². The van der Waals surface area contributed by atoms with Crippen LogP contribution in [0.15, 0.2) is 11.7 Å². The van der Waals surface area contributed by atoms with E-state index in [9.17, 15) is 4.79 Å². The smallest absolute Gasteiger partial charge is 0.414 e. The van der Waals surface area contributed by atoms with Crippen LogP contribution in [0.5, 0.6) is 0 Å². The highest BCUT2D eigenvalue weighted by Gasteiger charge is 2.30. The Morgan fingerprint density at radius 2 is 2.40 bits per heavy atom. The number of amides is 1. The van der Waals surface area contributed by atoms with E-state index in [0.717, 1.165) is 5.57 Å². The molecule has 1 aliphatic heterocycles. The molecular weight excluding hydrogens is 194 g/mol. The Bertz CT molecular complexity index is 320. The van der Waals surface area contributed by atoms with Crippen LogP contribution in [0.1, 0.15) is 35.5 Å². The first-order valence-electron chi connectivity index (χ1n) is 5.55. The third kappa shape index (κ3) is 3.23. The summed E-state index contributed by atoms with van der Waals surface area (Å²) in [6.45, 7) is 6.95. The maximum absolute atomic E-state index is 11.8. The summed E-state index contributed by atoms with van der Waals surface area (Å²) in [5.41, 5.74) is 0.207. The van der Waals surface area contributed by atoms with Crippen LogP contribution in [0.25, 0.3) is 0 Å². The molecule has 0 unspecified atom stereocenters. The molecule has 0 bridgehead atoms. The van der Waals surface area contributed by atoms with Crippen LogP contribution in [0.3, 0.4) is 0 Å². The number of carbonyl (C=O) groups excluding carboxylic acids is 1. The fourth-order valence-corrected chi connectivity index (χ4v) is 1.44. The summed E-state index contributed by atoms with van der Waals surface area (Å²) in [7, 11) is 0. The zero-order chi connectivity index (χ0) is 12.5. The van der Waals surface area contributed by atoms with Crippen LogP contribution in [0, 0.1) is 0 Å². The van der Waals surface area contributed by atoms with Gasteiger partial charge in [0.05, 0.1) is 14.0 Å². The van der Waals surface area contributed by atoms with E-state index in [0.29, 0.717) is 6.42 Å². The van der Waals surface area contributed by atoms with E-state index in [1.165, 1.54) is 4.90 Å². The molecule has 0 aliphatic carbocycles. The van der Waals surface area contributed by atoms with Crippen molar-refractivity contribution in [1.29, 1.82) is 0 Å². The lowest BCUT2D eigenvalue weighted by Crippen LogP contribution is -2.39. The molecule has 1 atom stereocenters. The van der Waals surface area contributed by atoms with Crippen LogP contribution in [-0.2, 0) is 4.74 Å². The van der Waals surface area contributed by atoms with Gasteiger partial charge in [0.1, 0.15) is 5.60 Å². The van der Waals surface area contributed by atoms with Gasteiger partial charge in [-0.15, -0.1) is 0 Å². The minimum atomic E-state index is -0.589. The molecule has 0 aromatic rings. The van der Waals surface area contributed by atoms with Crippen molar-refractivity contribution in [3.63, 3.8) is 0 Å². The van der Waals surface area contributed by atoms with Crippen LogP contribution < -0.4 is 0 Å². The van der Waals surface area contributed by atoms with E-state index in [2.05, 4.69) is 0 Å². The van der Waals surface area contributed by atoms with Crippen molar-refractivity contribution in [2.24, 2.45) is 0 Å². The van der Waals surface area contributed by atoms with Crippen LogP contribution in [0.4, 0.5) is 4.79 Å². The second-order valence-electron chi connectivity index (χ2n) is 4.78. The summed E-state index contributed by atoms with van der Waals surface area (Å²) in [5.74, 6) is 0. The number of hydrogen-bond acceptors (Lipinski definition) is 3. The van der Waals surface area contributed by atoms with Gasteiger partial charge in [-0.3, -0.25) is 4.90 Å². The van der Waals surface area contributed by atoms with Gasteiger partial charge in [-0.1, -0.05) is 5.57 Å². The average molecular weight is 214 g/mol. The lowest BCUT2D eigenvalue weighted by Gasteiger charge is -2.26. The van der Waals surface area contributed by atoms with Gasteiger partial charge in [-0.2, -0.15) is 0 Å². The molecule has 1 heterocycles. The van der Waals surface area contributed by atoms with Crippen LogP contribution in [0.2, 0.25) is 0 Å². The zero-order valence-electron chi connectivity index (χ0n) is 10.7. The predicted octanol–water partition coefficient (Wildman–Crippen LogP) is 1.89. The minimum Gasteiger partial charge on any atom is -0.443 e. The average Bonchev–Trinajstić information content (AvgIpc) is 2.40. The highest BCUT2D eigenvalue weighted by atomic mass is 16.6. The van der Waals surface area contributed by atoms with E-state index in [-0.39, 0.29) is 18.8 Å². The van der Waals surface area contributed by atoms with E-state index in [4.69, 9.17) is 11.2 Å². The molecule has 1 aliphatic rings. The first kappa shape index (κ1) is 10.5. The molecule has 15 heavy (non-hydrogen) atoms. The van der Waals surface area contributed by atoms with Crippen molar-refractivity contribution >= 4 is 6.09 Å². The molecular formula is C11H19NO3. The molecule has 0 saturated carbocycles. The Kier molecular flexibility index (Phi) is 2.95. The molecule has 1 N–H and O–H groups in total. The predicted molar refractivity (Wildman–Crippen MR) is 57.3 cm³/mol. The molecule has 0 radical (unpaired) electrons. The quantitative estimate of drug-likeness (QED) is 0.725. The normalized spacial score (nSPS) is 23.1. The summed E-state index contributed by atoms with van der Waals surface area (Å²) in [6, 6.07) is -0.359. The molecule has 4 nitrogen and oxygen atoms in total. The van der Waals surface area contributed by atoms with Crippen LogP contribution >= 0.6 is 0 Å². The molecule has 1 amide bonds. The Morgan fingerprint density at radius 1 is 1.80 bits per heavy atom. The number of aliphatic hydroxyl groups excluding tert-OH is 1. The summed E-state index contributed by atoms with van der Waals surface area (Å²) < 4.78 is 13.0. The second kappa shape index (κ2) is 4.23. The maximum Gasteiger partial charge on any atom is 0.414 e. The molecule has 0 spiro atoms. The second-order valence-corrected chi connectivity index (χ2v) is 4.78. The van der Waals surface area contributed by atoms with E-state index in [1.807, 2.05) is 0 Å². The molecule has 86 valence electrons. The molecule has 0 aromatic heterocycles. The topological polar surface area (TPSA) is 49.8 Å². The van der Waals surface area contributed by atoms with Gasteiger partial charge in [0.2, 0.25) is 0 Å². The minimum absolute atomic E-state index is 0.147. The maximum atomic E-state index is 11.8. The van der Waals surface area contributed by atoms with Crippen molar-refractivity contribution in [2.75, 3.05) is 6.61 Å². The van der Waals surface area contributed by atoms with Crippen molar-refractivity contribution < 1.29 is 16.0 Å². The lowest BCUT2D eigenvalue weighted by atomic mass is 10.2. The van der Waals surface area contributed by atoms with Gasteiger partial charge in [-0.05, 0) is 34.1 Å². The summed E-state index contributed by atoms with van der Waals surface area (Å²) in [5, 5.41) is 9.16. The van der Waals surface area contributed by atoms with Crippen molar-refractivity contribution in [3.05, 3.63) is 11.7 Å². The largest absolute Gasteiger partial charge is 0.443 e. The molecule has 4 heteroatoms. The van der Waals surface area contributed by atoms with E-state index >= 15 is 0 Å². The summed E-state index contributed by atoms with van der Waals surface area (Å²) in [6.07, 6.45) is 0.121. The summed E-state index contributed by atoms with van der Waals surface area (Å²) >= 11 is 0. The van der Waals surface area contributed by atoms with Crippen molar-refractivity contribution in [3.8, 4) is 0 Å². The van der Waals surface area contributed by atoms with Gasteiger partial charge in [-0.25, -0.2) is 4.79 Å². The number of ether oxygens (including phenoxy) is 1. The third-order valence-electron chi connectivity index (χ3n) is 2.02. The zero-order valence-corrected chi connectivity index (χ0v) is 9.70. The van der Waals surface area contributed by atoms with Gasteiger partial charge in [0, 0.05) is 6.18 Å². The first-order valence-corrected chi connectivity index (χ1v) is 5.05. The Balaban J connectivity index is 2.81. The van der Waals surface area contributed by atoms with Gasteiger partial charge in [0.25, 0.3) is 0 Å². The van der Waals surface area contributed by atoms with Gasteiger partial charge >= 0.3 is 6.09 Å². The Hall–Kier alpha value is -1.03. The highest BCUT2D eigenvalue weighted by Crippen LogP contribution is 2.23. The number of hydrogen-bond donors (Lipinski definition) is 1. The highest BCUT2D eigenvalue weighted by molar-refractivity contribution is 5.70. The molecule has 1 rings (SSSR count). The van der Waals surface area contributed by atoms with Gasteiger partial charge in [0.15, 0.2) is 0 Å². The lowest BCUT2D eigenvalue weighted by molar-refractivity contribution is 0.0241. The third-order valence-corrected chi connectivity index (χ3v) is 2.02. The summed E-state index contributed by atoms with van der Waals surface area (Å²) in [4.78, 5) is 13.0. The monoisotopic (exact) mass is 214 g/mol. The van der Waals surface area contributed by atoms with E-state index in [1.54, 1.807) is 27.7 Å². The molecule has 0 saturated heterocycles. The number of nitrogens with zero attached hydrogens (tertiary/aromatic N) is 1. The Morgan fingerprint density at radius 3 is 2.87 bits per heavy atom. The van der Waals surface area contributed by atoms with Gasteiger partial charge < -0.3 is 9.84 Å². The molecule has 0 fully saturated rings. The fourth-order valence-electron chi connectivity index (χ4n) is 1.44. The van der Waals surface area contributed by atoms with Crippen molar-refractivity contribution in [1.82, 2.24) is 4.90 Å². The first-order chi connectivity index (χ1) is 7.26. The number of carbonyl (C=O) groups is 1.